The van der Waals surface area contributed by atoms with Gasteiger partial charge < -0.3 is 9.64 Å². The van der Waals surface area contributed by atoms with E-state index in [1.807, 2.05) is 6.92 Å². The largest absolute Gasteiger partial charge is 0.466 e. The first-order valence-electron chi connectivity index (χ1n) is 7.33. The van der Waals surface area contributed by atoms with E-state index in [1.54, 1.807) is 0 Å². The molecule has 4 heteroatoms. The molecule has 0 aliphatic carbocycles. The van der Waals surface area contributed by atoms with Crippen molar-refractivity contribution in [2.75, 3.05) is 31.6 Å². The molecular formula is C15H28BrNO2. The van der Waals surface area contributed by atoms with Gasteiger partial charge in [-0.3, -0.25) is 4.79 Å². The SMILES string of the molecule is CCOC(=O)C1CCCN(CC(CBr)C(C)(C)C)C1. The van der Waals surface area contributed by atoms with Gasteiger partial charge in [0.2, 0.25) is 0 Å². The quantitative estimate of drug-likeness (QED) is 0.571. The summed E-state index contributed by atoms with van der Waals surface area (Å²) in [6, 6.07) is 0. The van der Waals surface area contributed by atoms with Crippen LogP contribution in [0.1, 0.15) is 40.5 Å². The molecule has 0 bridgehead atoms. The second kappa shape index (κ2) is 7.63. The van der Waals surface area contributed by atoms with Crippen molar-refractivity contribution >= 4 is 21.9 Å². The van der Waals surface area contributed by atoms with E-state index in [4.69, 9.17) is 4.74 Å². The lowest BCUT2D eigenvalue weighted by atomic mass is 9.81. The molecule has 3 nitrogen and oxygen atoms in total. The predicted octanol–water partition coefficient (Wildman–Crippen LogP) is 3.32. The Morgan fingerprint density at radius 3 is 2.68 bits per heavy atom. The molecule has 0 aromatic heterocycles. The number of rotatable bonds is 5. The van der Waals surface area contributed by atoms with E-state index in [0.717, 1.165) is 37.8 Å². The van der Waals surface area contributed by atoms with Gasteiger partial charge in [-0.05, 0) is 37.6 Å². The van der Waals surface area contributed by atoms with Gasteiger partial charge in [-0.25, -0.2) is 0 Å². The van der Waals surface area contributed by atoms with E-state index in [-0.39, 0.29) is 11.9 Å². The minimum Gasteiger partial charge on any atom is -0.466 e. The molecule has 0 aromatic carbocycles. The van der Waals surface area contributed by atoms with Crippen LogP contribution in [0, 0.1) is 17.3 Å². The van der Waals surface area contributed by atoms with Gasteiger partial charge in [0.25, 0.3) is 0 Å². The van der Waals surface area contributed by atoms with E-state index in [9.17, 15) is 4.79 Å². The van der Waals surface area contributed by atoms with Gasteiger partial charge in [0.05, 0.1) is 12.5 Å². The van der Waals surface area contributed by atoms with Gasteiger partial charge in [0.1, 0.15) is 0 Å². The molecule has 0 spiro atoms. The molecule has 1 rings (SSSR count). The maximum absolute atomic E-state index is 11.8. The van der Waals surface area contributed by atoms with Crippen molar-refractivity contribution in [3.63, 3.8) is 0 Å². The fourth-order valence-corrected chi connectivity index (χ4v) is 3.72. The maximum atomic E-state index is 11.8. The smallest absolute Gasteiger partial charge is 0.310 e. The van der Waals surface area contributed by atoms with E-state index in [1.165, 1.54) is 0 Å². The zero-order valence-corrected chi connectivity index (χ0v) is 14.3. The van der Waals surface area contributed by atoms with Crippen LogP contribution < -0.4 is 0 Å². The monoisotopic (exact) mass is 333 g/mol. The summed E-state index contributed by atoms with van der Waals surface area (Å²) in [5, 5.41) is 1.01. The summed E-state index contributed by atoms with van der Waals surface area (Å²) >= 11 is 3.63. The standard InChI is InChI=1S/C15H28BrNO2/c1-5-19-14(18)12-7-6-8-17(10-12)11-13(9-16)15(2,3)4/h12-13H,5-11H2,1-4H3. The Labute approximate surface area is 126 Å². The number of hydrogen-bond acceptors (Lipinski definition) is 3. The third-order valence-corrected chi connectivity index (χ3v) is 4.80. The van der Waals surface area contributed by atoms with E-state index in [0.29, 0.717) is 17.9 Å². The molecule has 2 unspecified atom stereocenters. The highest BCUT2D eigenvalue weighted by Gasteiger charge is 2.31. The van der Waals surface area contributed by atoms with Gasteiger partial charge in [-0.1, -0.05) is 36.7 Å². The van der Waals surface area contributed by atoms with Crippen LogP contribution >= 0.6 is 15.9 Å². The highest BCUT2D eigenvalue weighted by atomic mass is 79.9. The molecule has 0 radical (unpaired) electrons. The second-order valence-corrected chi connectivity index (χ2v) is 7.22. The van der Waals surface area contributed by atoms with Crippen LogP contribution in [0.2, 0.25) is 0 Å². The van der Waals surface area contributed by atoms with E-state index < -0.39 is 0 Å². The molecule has 0 saturated carbocycles. The summed E-state index contributed by atoms with van der Waals surface area (Å²) < 4.78 is 5.15. The van der Waals surface area contributed by atoms with Crippen molar-refractivity contribution in [1.82, 2.24) is 4.90 Å². The average Bonchev–Trinajstić information content (AvgIpc) is 2.35. The fourth-order valence-electron chi connectivity index (χ4n) is 2.54. The molecule has 112 valence electrons. The summed E-state index contributed by atoms with van der Waals surface area (Å²) in [5.41, 5.74) is 0.292. The number of hydrogen-bond donors (Lipinski definition) is 0. The van der Waals surface area contributed by atoms with Crippen molar-refractivity contribution in [2.24, 2.45) is 17.3 Å². The van der Waals surface area contributed by atoms with Crippen molar-refractivity contribution in [2.45, 2.75) is 40.5 Å². The maximum Gasteiger partial charge on any atom is 0.310 e. The summed E-state index contributed by atoms with van der Waals surface area (Å²) in [6.07, 6.45) is 2.08. The van der Waals surface area contributed by atoms with Crippen LogP contribution in [0.15, 0.2) is 0 Å². The number of carbonyl (C=O) groups is 1. The third kappa shape index (κ3) is 5.42. The minimum atomic E-state index is -0.0154. The van der Waals surface area contributed by atoms with Crippen LogP contribution in [0.5, 0.6) is 0 Å². The molecule has 2 atom stereocenters. The zero-order chi connectivity index (χ0) is 14.5. The number of nitrogens with zero attached hydrogens (tertiary/aromatic N) is 1. The molecule has 1 aliphatic heterocycles. The molecule has 1 fully saturated rings. The Morgan fingerprint density at radius 1 is 1.47 bits per heavy atom. The summed E-state index contributed by atoms with van der Waals surface area (Å²) in [6.45, 7) is 12.2. The molecule has 1 aliphatic rings. The Kier molecular flexibility index (Phi) is 6.81. The fraction of sp³-hybridized carbons (Fsp3) is 0.933. The Bertz CT molecular complexity index is 288. The van der Waals surface area contributed by atoms with Crippen LogP contribution in [0.25, 0.3) is 0 Å². The highest BCUT2D eigenvalue weighted by Crippen LogP contribution is 2.29. The molecule has 0 N–H and O–H groups in total. The normalized spacial score (nSPS) is 23.1. The van der Waals surface area contributed by atoms with Crippen molar-refractivity contribution < 1.29 is 9.53 Å². The third-order valence-electron chi connectivity index (χ3n) is 4.02. The summed E-state index contributed by atoms with van der Waals surface area (Å²) in [7, 11) is 0. The topological polar surface area (TPSA) is 29.5 Å². The lowest BCUT2D eigenvalue weighted by Gasteiger charge is -2.38. The van der Waals surface area contributed by atoms with Gasteiger partial charge in [0, 0.05) is 18.4 Å². The first-order valence-corrected chi connectivity index (χ1v) is 8.45. The summed E-state index contributed by atoms with van der Waals surface area (Å²) in [4.78, 5) is 14.3. The van der Waals surface area contributed by atoms with Crippen molar-refractivity contribution in [3.05, 3.63) is 0 Å². The van der Waals surface area contributed by atoms with Crippen LogP contribution in [0.4, 0.5) is 0 Å². The first kappa shape index (κ1) is 17.0. The molecular weight excluding hydrogens is 306 g/mol. The zero-order valence-electron chi connectivity index (χ0n) is 12.7. The molecule has 1 heterocycles. The lowest BCUT2D eigenvalue weighted by Crippen LogP contribution is -2.44. The number of ether oxygens (including phenoxy) is 1. The number of piperidine rings is 1. The number of esters is 1. The lowest BCUT2D eigenvalue weighted by molar-refractivity contribution is -0.150. The average molecular weight is 334 g/mol. The first-order chi connectivity index (χ1) is 8.88. The second-order valence-electron chi connectivity index (χ2n) is 6.57. The van der Waals surface area contributed by atoms with E-state index >= 15 is 0 Å². The van der Waals surface area contributed by atoms with Gasteiger partial charge in [0.15, 0.2) is 0 Å². The summed E-state index contributed by atoms with van der Waals surface area (Å²) in [5.74, 6) is 0.663. The Hall–Kier alpha value is -0.0900. The molecule has 1 saturated heterocycles. The van der Waals surface area contributed by atoms with Gasteiger partial charge in [-0.2, -0.15) is 0 Å². The Balaban J connectivity index is 2.52. The van der Waals surface area contributed by atoms with E-state index in [2.05, 4.69) is 41.6 Å². The number of alkyl halides is 1. The van der Waals surface area contributed by atoms with Crippen molar-refractivity contribution in [1.29, 1.82) is 0 Å². The minimum absolute atomic E-state index is 0.0154. The molecule has 0 aromatic rings. The van der Waals surface area contributed by atoms with Gasteiger partial charge in [-0.15, -0.1) is 0 Å². The van der Waals surface area contributed by atoms with Crippen LogP contribution in [-0.4, -0.2) is 42.4 Å². The van der Waals surface area contributed by atoms with Crippen molar-refractivity contribution in [3.8, 4) is 0 Å². The molecule has 19 heavy (non-hydrogen) atoms. The Morgan fingerprint density at radius 2 is 2.16 bits per heavy atom. The molecule has 0 amide bonds. The number of halogens is 1. The number of carbonyl (C=O) groups excluding carboxylic acids is 1. The van der Waals surface area contributed by atoms with Crippen LogP contribution in [0.3, 0.4) is 0 Å². The number of likely N-dealkylation sites (tertiary alicyclic amines) is 1. The van der Waals surface area contributed by atoms with Crippen LogP contribution in [-0.2, 0) is 9.53 Å². The predicted molar refractivity (Wildman–Crippen MR) is 82.5 cm³/mol. The highest BCUT2D eigenvalue weighted by molar-refractivity contribution is 9.09. The van der Waals surface area contributed by atoms with Gasteiger partial charge >= 0.3 is 5.97 Å².